The number of rotatable bonds is 0. The highest BCUT2D eigenvalue weighted by Crippen LogP contribution is 2.56. The SMILES string of the molecule is N#CC1CCC2(CC1)CC2. The zero-order chi connectivity index (χ0) is 7.03. The molecule has 2 rings (SSSR count). The molecular weight excluding hydrogens is 122 g/mol. The van der Waals surface area contributed by atoms with E-state index >= 15 is 0 Å². The minimum absolute atomic E-state index is 0.395. The maximum Gasteiger partial charge on any atom is 0.0655 e. The van der Waals surface area contributed by atoms with Crippen LogP contribution >= 0.6 is 0 Å². The molecule has 0 bridgehead atoms. The highest BCUT2D eigenvalue weighted by atomic mass is 14.5. The summed E-state index contributed by atoms with van der Waals surface area (Å²) in [5.74, 6) is 0.395. The monoisotopic (exact) mass is 135 g/mol. The molecule has 0 radical (unpaired) electrons. The highest BCUT2D eigenvalue weighted by Gasteiger charge is 2.44. The lowest BCUT2D eigenvalue weighted by atomic mass is 9.80. The summed E-state index contributed by atoms with van der Waals surface area (Å²) in [6.07, 6.45) is 7.93. The molecule has 54 valence electrons. The fourth-order valence-electron chi connectivity index (χ4n) is 2.04. The van der Waals surface area contributed by atoms with Gasteiger partial charge in [0, 0.05) is 5.92 Å². The van der Waals surface area contributed by atoms with Crippen molar-refractivity contribution in [3.8, 4) is 6.07 Å². The molecule has 1 nitrogen and oxygen atoms in total. The summed E-state index contributed by atoms with van der Waals surface area (Å²) in [7, 11) is 0. The van der Waals surface area contributed by atoms with Crippen LogP contribution in [0.25, 0.3) is 0 Å². The van der Waals surface area contributed by atoms with Gasteiger partial charge >= 0.3 is 0 Å². The van der Waals surface area contributed by atoms with Gasteiger partial charge in [-0.05, 0) is 43.9 Å². The maximum atomic E-state index is 8.63. The Kier molecular flexibility index (Phi) is 1.23. The Morgan fingerprint density at radius 1 is 1.10 bits per heavy atom. The van der Waals surface area contributed by atoms with Crippen LogP contribution in [-0.4, -0.2) is 0 Å². The Balaban J connectivity index is 1.91. The van der Waals surface area contributed by atoms with Crippen molar-refractivity contribution in [3.05, 3.63) is 0 Å². The number of hydrogen-bond acceptors (Lipinski definition) is 1. The number of hydrogen-bond donors (Lipinski definition) is 0. The molecule has 0 aliphatic heterocycles. The van der Waals surface area contributed by atoms with E-state index in [1.807, 2.05) is 0 Å². The molecule has 1 spiro atoms. The molecule has 0 aromatic carbocycles. The van der Waals surface area contributed by atoms with Crippen LogP contribution in [0.1, 0.15) is 38.5 Å². The lowest BCUT2D eigenvalue weighted by Crippen LogP contribution is -2.13. The van der Waals surface area contributed by atoms with E-state index in [0.29, 0.717) is 5.92 Å². The van der Waals surface area contributed by atoms with Crippen LogP contribution in [0.2, 0.25) is 0 Å². The second kappa shape index (κ2) is 1.99. The van der Waals surface area contributed by atoms with Crippen LogP contribution in [0, 0.1) is 22.7 Å². The summed E-state index contributed by atoms with van der Waals surface area (Å²) < 4.78 is 0. The van der Waals surface area contributed by atoms with E-state index in [9.17, 15) is 0 Å². The lowest BCUT2D eigenvalue weighted by Gasteiger charge is -2.23. The lowest BCUT2D eigenvalue weighted by molar-refractivity contribution is 0.295. The van der Waals surface area contributed by atoms with Crippen LogP contribution < -0.4 is 0 Å². The zero-order valence-electron chi connectivity index (χ0n) is 6.27. The predicted molar refractivity (Wildman–Crippen MR) is 39.2 cm³/mol. The molecule has 0 aromatic rings. The van der Waals surface area contributed by atoms with Gasteiger partial charge in [0.2, 0.25) is 0 Å². The summed E-state index contributed by atoms with van der Waals surface area (Å²) in [5, 5.41) is 8.63. The fraction of sp³-hybridized carbons (Fsp3) is 0.889. The smallest absolute Gasteiger partial charge is 0.0655 e. The van der Waals surface area contributed by atoms with Gasteiger partial charge in [0.25, 0.3) is 0 Å². The van der Waals surface area contributed by atoms with E-state index in [1.165, 1.54) is 38.5 Å². The molecule has 0 saturated heterocycles. The van der Waals surface area contributed by atoms with Crippen molar-refractivity contribution in [2.24, 2.45) is 11.3 Å². The summed E-state index contributed by atoms with van der Waals surface area (Å²) in [5.41, 5.74) is 0.757. The second-order valence-electron chi connectivity index (χ2n) is 3.90. The van der Waals surface area contributed by atoms with Gasteiger partial charge in [-0.2, -0.15) is 5.26 Å². The molecule has 1 heteroatoms. The number of nitrogens with zero attached hydrogens (tertiary/aromatic N) is 1. The summed E-state index contributed by atoms with van der Waals surface area (Å²) in [6.45, 7) is 0. The van der Waals surface area contributed by atoms with Crippen LogP contribution in [-0.2, 0) is 0 Å². The molecule has 0 unspecified atom stereocenters. The van der Waals surface area contributed by atoms with E-state index in [2.05, 4.69) is 6.07 Å². The second-order valence-corrected chi connectivity index (χ2v) is 3.90. The van der Waals surface area contributed by atoms with E-state index in [1.54, 1.807) is 0 Å². The van der Waals surface area contributed by atoms with Crippen LogP contribution in [0.15, 0.2) is 0 Å². The van der Waals surface area contributed by atoms with Gasteiger partial charge in [-0.15, -0.1) is 0 Å². The molecular formula is C9H13N. The van der Waals surface area contributed by atoms with Crippen molar-refractivity contribution in [1.29, 1.82) is 5.26 Å². The Morgan fingerprint density at radius 2 is 1.70 bits per heavy atom. The predicted octanol–water partition coefficient (Wildman–Crippen LogP) is 2.48. The first-order chi connectivity index (χ1) is 4.85. The minimum atomic E-state index is 0.395. The zero-order valence-corrected chi connectivity index (χ0v) is 6.27. The first-order valence-electron chi connectivity index (χ1n) is 4.24. The average Bonchev–Trinajstić information content (AvgIpc) is 2.72. The van der Waals surface area contributed by atoms with E-state index in [-0.39, 0.29) is 0 Å². The van der Waals surface area contributed by atoms with Crippen molar-refractivity contribution in [1.82, 2.24) is 0 Å². The summed E-state index contributed by atoms with van der Waals surface area (Å²) in [6, 6.07) is 2.37. The first-order valence-corrected chi connectivity index (χ1v) is 4.24. The maximum absolute atomic E-state index is 8.63. The molecule has 2 aliphatic rings. The van der Waals surface area contributed by atoms with Crippen molar-refractivity contribution in [2.75, 3.05) is 0 Å². The van der Waals surface area contributed by atoms with Gasteiger partial charge in [0.05, 0.1) is 6.07 Å². The Bertz CT molecular complexity index is 164. The Hall–Kier alpha value is -0.510. The van der Waals surface area contributed by atoms with Crippen LogP contribution in [0.4, 0.5) is 0 Å². The third kappa shape index (κ3) is 0.923. The van der Waals surface area contributed by atoms with Gasteiger partial charge in [-0.1, -0.05) is 0 Å². The molecule has 0 heterocycles. The summed E-state index contributed by atoms with van der Waals surface area (Å²) >= 11 is 0. The third-order valence-electron chi connectivity index (χ3n) is 3.19. The van der Waals surface area contributed by atoms with Crippen LogP contribution in [0.5, 0.6) is 0 Å². The molecule has 0 N–H and O–H groups in total. The van der Waals surface area contributed by atoms with Crippen molar-refractivity contribution in [2.45, 2.75) is 38.5 Å². The van der Waals surface area contributed by atoms with Gasteiger partial charge < -0.3 is 0 Å². The molecule has 2 fully saturated rings. The minimum Gasteiger partial charge on any atom is -0.198 e. The molecule has 2 saturated carbocycles. The Morgan fingerprint density at radius 3 is 2.10 bits per heavy atom. The van der Waals surface area contributed by atoms with E-state index in [4.69, 9.17) is 5.26 Å². The third-order valence-corrected chi connectivity index (χ3v) is 3.19. The molecule has 10 heavy (non-hydrogen) atoms. The molecule has 2 aliphatic carbocycles. The molecule has 0 aromatic heterocycles. The van der Waals surface area contributed by atoms with Crippen molar-refractivity contribution < 1.29 is 0 Å². The topological polar surface area (TPSA) is 23.8 Å². The fourth-order valence-corrected chi connectivity index (χ4v) is 2.04. The van der Waals surface area contributed by atoms with Gasteiger partial charge in [-0.25, -0.2) is 0 Å². The van der Waals surface area contributed by atoms with Gasteiger partial charge in [-0.3, -0.25) is 0 Å². The highest BCUT2D eigenvalue weighted by molar-refractivity contribution is 4.99. The first kappa shape index (κ1) is 6.22. The number of nitriles is 1. The standard InChI is InChI=1S/C9H13N/c10-7-8-1-3-9(4-2-8)5-6-9/h8H,1-6H2. The molecule has 0 atom stereocenters. The van der Waals surface area contributed by atoms with Crippen molar-refractivity contribution >= 4 is 0 Å². The average molecular weight is 135 g/mol. The summed E-state index contributed by atoms with van der Waals surface area (Å²) in [4.78, 5) is 0. The largest absolute Gasteiger partial charge is 0.198 e. The van der Waals surface area contributed by atoms with Crippen LogP contribution in [0.3, 0.4) is 0 Å². The van der Waals surface area contributed by atoms with Gasteiger partial charge in [0.15, 0.2) is 0 Å². The molecule has 0 amide bonds. The quantitative estimate of drug-likeness (QED) is 0.500. The van der Waals surface area contributed by atoms with E-state index < -0.39 is 0 Å². The van der Waals surface area contributed by atoms with Crippen molar-refractivity contribution in [3.63, 3.8) is 0 Å². The van der Waals surface area contributed by atoms with Gasteiger partial charge in [0.1, 0.15) is 0 Å². The Labute approximate surface area is 62.0 Å². The normalized spacial score (nSPS) is 29.9. The van der Waals surface area contributed by atoms with E-state index in [0.717, 1.165) is 5.41 Å².